The molecule has 0 heterocycles. The lowest BCUT2D eigenvalue weighted by Gasteiger charge is -2.60. The molecule has 6 nitrogen and oxygen atoms in total. The number of aliphatic hydroxyl groups is 2. The summed E-state index contributed by atoms with van der Waals surface area (Å²) in [6, 6.07) is 18.7. The Morgan fingerprint density at radius 2 is 1.59 bits per heavy atom. The molecular weight excluding hydrogens is 516 g/mol. The van der Waals surface area contributed by atoms with E-state index in [2.05, 4.69) is 6.92 Å². The van der Waals surface area contributed by atoms with Crippen LogP contribution in [0.25, 0.3) is 0 Å². The van der Waals surface area contributed by atoms with Crippen molar-refractivity contribution in [3.05, 3.63) is 83.4 Å². The van der Waals surface area contributed by atoms with Crippen LogP contribution in [-0.2, 0) is 19.1 Å². The number of Topliss-reactive ketones (excluding diaryl/α,β-unsaturated/α-hetero) is 1. The fraction of sp³-hybridized carbons (Fsp3) is 0.514. The zero-order valence-electron chi connectivity index (χ0n) is 23.9. The van der Waals surface area contributed by atoms with Crippen molar-refractivity contribution in [2.45, 2.75) is 76.4 Å². The van der Waals surface area contributed by atoms with Crippen molar-refractivity contribution >= 4 is 17.5 Å². The van der Waals surface area contributed by atoms with Gasteiger partial charge in [-0.15, -0.1) is 0 Å². The van der Waals surface area contributed by atoms with Gasteiger partial charge >= 0.3 is 5.97 Å². The molecule has 2 N–H and O–H groups in total. The third-order valence-electron chi connectivity index (χ3n) is 11.4. The molecule has 2 aromatic rings. The van der Waals surface area contributed by atoms with Crippen molar-refractivity contribution in [1.82, 2.24) is 0 Å². The summed E-state index contributed by atoms with van der Waals surface area (Å²) in [5.41, 5.74) is -0.0432. The van der Waals surface area contributed by atoms with Gasteiger partial charge < -0.3 is 14.9 Å². The van der Waals surface area contributed by atoms with Crippen molar-refractivity contribution in [2.24, 2.45) is 28.6 Å². The average Bonchev–Trinajstić information content (AvgIpc) is 3.24. The van der Waals surface area contributed by atoms with Gasteiger partial charge in [-0.25, -0.2) is 0 Å². The predicted octanol–water partition coefficient (Wildman–Crippen LogP) is 5.16. The van der Waals surface area contributed by atoms with Crippen LogP contribution >= 0.6 is 0 Å². The van der Waals surface area contributed by atoms with Crippen molar-refractivity contribution in [2.75, 3.05) is 6.61 Å². The number of ketones is 2. The van der Waals surface area contributed by atoms with E-state index >= 15 is 0 Å². The molecule has 2 aromatic carbocycles. The number of benzene rings is 2. The molecule has 41 heavy (non-hydrogen) atoms. The molecule has 3 fully saturated rings. The molecule has 6 heteroatoms. The topological polar surface area (TPSA) is 101 Å². The lowest BCUT2D eigenvalue weighted by molar-refractivity contribution is -0.184. The second-order valence-corrected chi connectivity index (χ2v) is 13.3. The molecule has 0 amide bonds. The molecule has 4 aliphatic rings. The van der Waals surface area contributed by atoms with Crippen LogP contribution in [0.1, 0.15) is 75.8 Å². The van der Waals surface area contributed by atoms with Crippen LogP contribution in [0.15, 0.2) is 72.3 Å². The van der Waals surface area contributed by atoms with Crippen LogP contribution < -0.4 is 0 Å². The van der Waals surface area contributed by atoms with E-state index in [4.69, 9.17) is 4.74 Å². The van der Waals surface area contributed by atoms with Gasteiger partial charge in [0.05, 0.1) is 6.10 Å². The van der Waals surface area contributed by atoms with Crippen LogP contribution in [0.4, 0.5) is 0 Å². The van der Waals surface area contributed by atoms with Crippen LogP contribution in [-0.4, -0.2) is 46.1 Å². The first-order valence-corrected chi connectivity index (χ1v) is 15.0. The first-order valence-electron chi connectivity index (χ1n) is 15.0. The van der Waals surface area contributed by atoms with E-state index in [0.29, 0.717) is 25.7 Å². The van der Waals surface area contributed by atoms with Crippen molar-refractivity contribution in [3.63, 3.8) is 0 Å². The van der Waals surface area contributed by atoms with Crippen LogP contribution in [0, 0.1) is 28.6 Å². The molecule has 3 saturated carbocycles. The molecule has 0 bridgehead atoms. The van der Waals surface area contributed by atoms with Gasteiger partial charge in [0.25, 0.3) is 0 Å². The van der Waals surface area contributed by atoms with Crippen molar-refractivity contribution < 1.29 is 29.3 Å². The Kier molecular flexibility index (Phi) is 7.06. The van der Waals surface area contributed by atoms with Gasteiger partial charge in [-0.2, -0.15) is 0 Å². The van der Waals surface area contributed by atoms with E-state index in [1.165, 1.54) is 0 Å². The highest BCUT2D eigenvalue weighted by Gasteiger charge is 2.68. The van der Waals surface area contributed by atoms with E-state index in [0.717, 1.165) is 36.0 Å². The van der Waals surface area contributed by atoms with Crippen LogP contribution in [0.2, 0.25) is 0 Å². The highest BCUT2D eigenvalue weighted by atomic mass is 16.5. The summed E-state index contributed by atoms with van der Waals surface area (Å²) in [4.78, 5) is 39.4. The summed E-state index contributed by atoms with van der Waals surface area (Å²) in [5, 5.41) is 23.7. The van der Waals surface area contributed by atoms with Gasteiger partial charge in [0.2, 0.25) is 5.78 Å². The fourth-order valence-electron chi connectivity index (χ4n) is 9.25. The van der Waals surface area contributed by atoms with E-state index in [1.807, 2.05) is 67.6 Å². The highest BCUT2D eigenvalue weighted by molar-refractivity contribution is 5.93. The number of allylic oxidation sites excluding steroid dienone is 1. The smallest absolute Gasteiger partial charge is 0.318 e. The molecule has 7 atom stereocenters. The molecule has 4 aliphatic carbocycles. The normalized spacial score (nSPS) is 36.1. The SMILES string of the molecule is CC12CCC(=O)C=C1CCC1C2C(O)CC2(C)C1CCC2(O)C(=O)COC(=O)C(c1ccccc1)c1ccccc1. The number of fused-ring (bicyclic) bond motifs is 5. The largest absolute Gasteiger partial charge is 0.457 e. The number of hydrogen-bond donors (Lipinski definition) is 2. The Morgan fingerprint density at radius 1 is 0.951 bits per heavy atom. The number of hydrogen-bond acceptors (Lipinski definition) is 6. The maximum absolute atomic E-state index is 13.8. The van der Waals surface area contributed by atoms with Gasteiger partial charge in [-0.1, -0.05) is 80.1 Å². The van der Waals surface area contributed by atoms with E-state index in [-0.39, 0.29) is 29.0 Å². The van der Waals surface area contributed by atoms with Gasteiger partial charge in [-0.05, 0) is 78.9 Å². The molecule has 0 radical (unpaired) electrons. The maximum atomic E-state index is 13.8. The number of esters is 1. The molecule has 0 spiro atoms. The Labute approximate surface area is 241 Å². The van der Waals surface area contributed by atoms with Gasteiger partial charge in [0, 0.05) is 11.8 Å². The zero-order valence-corrected chi connectivity index (χ0v) is 23.9. The molecule has 6 rings (SSSR count). The summed E-state index contributed by atoms with van der Waals surface area (Å²) in [7, 11) is 0. The average molecular weight is 557 g/mol. The van der Waals surface area contributed by atoms with E-state index in [9.17, 15) is 24.6 Å². The van der Waals surface area contributed by atoms with Crippen LogP contribution in [0.3, 0.4) is 0 Å². The first-order chi connectivity index (χ1) is 19.6. The van der Waals surface area contributed by atoms with Gasteiger partial charge in [-0.3, -0.25) is 14.4 Å². The summed E-state index contributed by atoms with van der Waals surface area (Å²) in [6.07, 6.45) is 5.29. The lowest BCUT2D eigenvalue weighted by Crippen LogP contribution is -2.62. The summed E-state index contributed by atoms with van der Waals surface area (Å²) >= 11 is 0. The maximum Gasteiger partial charge on any atom is 0.318 e. The van der Waals surface area contributed by atoms with Crippen molar-refractivity contribution in [3.8, 4) is 0 Å². The summed E-state index contributed by atoms with van der Waals surface area (Å²) in [6.45, 7) is 3.62. The first kappa shape index (κ1) is 28.0. The molecule has 0 aromatic heterocycles. The minimum atomic E-state index is -1.68. The Hall–Kier alpha value is -3.09. The highest BCUT2D eigenvalue weighted by Crippen LogP contribution is 2.67. The van der Waals surface area contributed by atoms with E-state index < -0.39 is 41.4 Å². The molecule has 0 saturated heterocycles. The third-order valence-corrected chi connectivity index (χ3v) is 11.4. The zero-order chi connectivity index (χ0) is 29.0. The number of aliphatic hydroxyl groups excluding tert-OH is 1. The van der Waals surface area contributed by atoms with Crippen molar-refractivity contribution in [1.29, 1.82) is 0 Å². The minimum absolute atomic E-state index is 0.00135. The summed E-state index contributed by atoms with van der Waals surface area (Å²) < 4.78 is 5.66. The van der Waals surface area contributed by atoms with Crippen LogP contribution in [0.5, 0.6) is 0 Å². The van der Waals surface area contributed by atoms with Gasteiger partial charge in [0.1, 0.15) is 11.5 Å². The molecular formula is C35H40O6. The Bertz CT molecular complexity index is 1330. The number of rotatable bonds is 6. The number of carbonyl (C=O) groups excluding carboxylic acids is 3. The third kappa shape index (κ3) is 4.42. The number of carbonyl (C=O) groups is 3. The minimum Gasteiger partial charge on any atom is -0.457 e. The second-order valence-electron chi connectivity index (χ2n) is 13.3. The Morgan fingerprint density at radius 3 is 2.22 bits per heavy atom. The predicted molar refractivity (Wildman–Crippen MR) is 154 cm³/mol. The van der Waals surface area contributed by atoms with Gasteiger partial charge in [0.15, 0.2) is 12.4 Å². The fourth-order valence-corrected chi connectivity index (χ4v) is 9.25. The van der Waals surface area contributed by atoms with E-state index in [1.54, 1.807) is 6.08 Å². The molecule has 0 aliphatic heterocycles. The monoisotopic (exact) mass is 556 g/mol. The second kappa shape index (κ2) is 10.3. The quantitative estimate of drug-likeness (QED) is 0.477. The molecule has 216 valence electrons. The molecule has 7 unspecified atom stereocenters. The standard InChI is InChI=1S/C35H40O6/c1-33-17-15-25(36)19-24(33)13-14-26-27-16-18-35(40,34(27,2)20-28(37)31(26)33)29(38)21-41-32(39)30(22-9-5-3-6-10-22)23-11-7-4-8-12-23/h3-12,19,26-28,30-31,37,40H,13-18,20-21H2,1-2H3. The summed E-state index contributed by atoms with van der Waals surface area (Å²) in [5.74, 6) is -1.32. The number of ether oxygens (including phenoxy) is 1. The lowest BCUT2D eigenvalue weighted by atomic mass is 9.45. The Balaban J connectivity index is 1.21.